The Hall–Kier alpha value is -2.62. The van der Waals surface area contributed by atoms with Gasteiger partial charge in [-0.25, -0.2) is 0 Å². The molecule has 0 unspecified atom stereocenters. The Balaban J connectivity index is 2.06. The van der Waals surface area contributed by atoms with Gasteiger partial charge in [0.25, 0.3) is 0 Å². The molecule has 0 aliphatic carbocycles. The molecule has 0 fully saturated rings. The van der Waals surface area contributed by atoms with Crippen molar-refractivity contribution in [2.24, 2.45) is 5.41 Å². The van der Waals surface area contributed by atoms with E-state index < -0.39 is 5.41 Å². The lowest BCUT2D eigenvalue weighted by Gasteiger charge is -2.23. The lowest BCUT2D eigenvalue weighted by Crippen LogP contribution is -2.45. The van der Waals surface area contributed by atoms with Crippen LogP contribution in [0.2, 0.25) is 0 Å². The third-order valence-corrected chi connectivity index (χ3v) is 4.48. The number of hydrogen-bond donors (Lipinski definition) is 2. The van der Waals surface area contributed by atoms with Gasteiger partial charge in [0.05, 0.1) is 0 Å². The Morgan fingerprint density at radius 3 is 2.28 bits per heavy atom. The molecule has 0 heterocycles. The molecule has 132 valence electrons. The minimum Gasteiger partial charge on any atom is -0.351 e. The maximum absolute atomic E-state index is 12.6. The van der Waals surface area contributed by atoms with E-state index in [1.807, 2.05) is 63.2 Å². The number of amides is 2. The van der Waals surface area contributed by atoms with Crippen LogP contribution in [0.4, 0.5) is 5.69 Å². The second-order valence-electron chi connectivity index (χ2n) is 7.01. The van der Waals surface area contributed by atoms with Crippen LogP contribution in [0.3, 0.4) is 0 Å². The summed E-state index contributed by atoms with van der Waals surface area (Å²) in [6, 6.07) is 13.7. The normalized spacial score (nSPS) is 11.1. The van der Waals surface area contributed by atoms with E-state index in [4.69, 9.17) is 0 Å². The molecule has 0 aliphatic heterocycles. The van der Waals surface area contributed by atoms with Crippen molar-refractivity contribution in [1.29, 1.82) is 0 Å². The van der Waals surface area contributed by atoms with E-state index in [2.05, 4.69) is 10.6 Å². The number of anilines is 1. The maximum atomic E-state index is 12.6. The number of hydrogen-bond acceptors (Lipinski definition) is 2. The maximum Gasteiger partial charge on any atom is 0.239 e. The first-order valence-electron chi connectivity index (χ1n) is 8.43. The van der Waals surface area contributed by atoms with E-state index in [1.165, 1.54) is 0 Å². The van der Waals surface area contributed by atoms with Gasteiger partial charge in [0, 0.05) is 12.2 Å². The molecule has 0 atom stereocenters. The molecule has 2 aromatic rings. The molecule has 0 saturated heterocycles. The SMILES string of the molecule is Cc1ccc(C)c(NC(=O)C(C)(C)C(=O)NCc2ccccc2C)c1. The number of carbonyl (C=O) groups excluding carboxylic acids is 2. The summed E-state index contributed by atoms with van der Waals surface area (Å²) in [6.07, 6.45) is 0. The van der Waals surface area contributed by atoms with Gasteiger partial charge in [-0.15, -0.1) is 0 Å². The second-order valence-corrected chi connectivity index (χ2v) is 7.01. The molecule has 0 radical (unpaired) electrons. The highest BCUT2D eigenvalue weighted by atomic mass is 16.2. The minimum absolute atomic E-state index is 0.293. The van der Waals surface area contributed by atoms with Crippen LogP contribution < -0.4 is 10.6 Å². The summed E-state index contributed by atoms with van der Waals surface area (Å²) in [5, 5.41) is 5.75. The van der Waals surface area contributed by atoms with E-state index in [-0.39, 0.29) is 11.8 Å². The predicted molar refractivity (Wildman–Crippen MR) is 101 cm³/mol. The first-order valence-corrected chi connectivity index (χ1v) is 8.43. The van der Waals surface area contributed by atoms with Gasteiger partial charge < -0.3 is 10.6 Å². The standard InChI is InChI=1S/C21H26N2O2/c1-14-10-11-16(3)18(12-14)23-20(25)21(4,5)19(24)22-13-17-9-7-6-8-15(17)2/h6-12H,13H2,1-5H3,(H,22,24)(H,23,25). The van der Waals surface area contributed by atoms with Gasteiger partial charge in [-0.2, -0.15) is 0 Å². The third kappa shape index (κ3) is 4.47. The summed E-state index contributed by atoms with van der Waals surface area (Å²) in [6.45, 7) is 9.59. The summed E-state index contributed by atoms with van der Waals surface area (Å²) >= 11 is 0. The van der Waals surface area contributed by atoms with Crippen LogP contribution in [0.25, 0.3) is 0 Å². The van der Waals surface area contributed by atoms with Gasteiger partial charge in [0.1, 0.15) is 5.41 Å². The lowest BCUT2D eigenvalue weighted by atomic mass is 9.90. The molecular weight excluding hydrogens is 312 g/mol. The lowest BCUT2D eigenvalue weighted by molar-refractivity contribution is -0.138. The van der Waals surface area contributed by atoms with Gasteiger partial charge in [-0.1, -0.05) is 36.4 Å². The molecule has 2 rings (SSSR count). The summed E-state index contributed by atoms with van der Waals surface area (Å²) < 4.78 is 0. The van der Waals surface area contributed by atoms with Crippen molar-refractivity contribution in [2.45, 2.75) is 41.2 Å². The number of rotatable bonds is 5. The van der Waals surface area contributed by atoms with E-state index in [0.717, 1.165) is 27.9 Å². The van der Waals surface area contributed by atoms with Crippen molar-refractivity contribution >= 4 is 17.5 Å². The minimum atomic E-state index is -1.17. The molecule has 4 nitrogen and oxygen atoms in total. The summed E-state index contributed by atoms with van der Waals surface area (Å²) in [7, 11) is 0. The monoisotopic (exact) mass is 338 g/mol. The number of carbonyl (C=O) groups is 2. The molecule has 2 amide bonds. The zero-order valence-electron chi connectivity index (χ0n) is 15.6. The zero-order chi connectivity index (χ0) is 18.6. The summed E-state index contributed by atoms with van der Waals surface area (Å²) in [4.78, 5) is 25.2. The Morgan fingerprint density at radius 1 is 0.920 bits per heavy atom. The van der Waals surface area contributed by atoms with Crippen molar-refractivity contribution in [3.63, 3.8) is 0 Å². The second kappa shape index (κ2) is 7.51. The molecular formula is C21H26N2O2. The van der Waals surface area contributed by atoms with E-state index in [9.17, 15) is 9.59 Å². The number of nitrogens with one attached hydrogen (secondary N) is 2. The van der Waals surface area contributed by atoms with E-state index in [1.54, 1.807) is 13.8 Å². The Labute approximate surface area is 149 Å². The first-order chi connectivity index (χ1) is 11.7. The highest BCUT2D eigenvalue weighted by Crippen LogP contribution is 2.22. The molecule has 0 spiro atoms. The molecule has 0 aromatic heterocycles. The first kappa shape index (κ1) is 18.7. The van der Waals surface area contributed by atoms with Crippen molar-refractivity contribution in [3.05, 3.63) is 64.7 Å². The van der Waals surface area contributed by atoms with Gasteiger partial charge in [-0.05, 0) is 62.9 Å². The van der Waals surface area contributed by atoms with E-state index >= 15 is 0 Å². The molecule has 0 bridgehead atoms. The summed E-state index contributed by atoms with van der Waals surface area (Å²) in [5.74, 6) is -0.609. The van der Waals surface area contributed by atoms with Gasteiger partial charge in [-0.3, -0.25) is 9.59 Å². The number of aryl methyl sites for hydroxylation is 3. The van der Waals surface area contributed by atoms with E-state index in [0.29, 0.717) is 6.54 Å². The van der Waals surface area contributed by atoms with Crippen molar-refractivity contribution in [3.8, 4) is 0 Å². The summed E-state index contributed by atoms with van der Waals surface area (Å²) in [5.41, 5.74) is 3.75. The van der Waals surface area contributed by atoms with Gasteiger partial charge in [0.15, 0.2) is 0 Å². The fraction of sp³-hybridized carbons (Fsp3) is 0.333. The van der Waals surface area contributed by atoms with Crippen LogP contribution in [0.5, 0.6) is 0 Å². The number of benzene rings is 2. The Kier molecular flexibility index (Phi) is 5.62. The predicted octanol–water partition coefficient (Wildman–Crippen LogP) is 3.89. The molecule has 0 aliphatic rings. The Bertz CT molecular complexity index is 794. The smallest absolute Gasteiger partial charge is 0.239 e. The molecule has 0 saturated carbocycles. The average Bonchev–Trinajstić information content (AvgIpc) is 2.57. The highest BCUT2D eigenvalue weighted by Gasteiger charge is 2.36. The van der Waals surface area contributed by atoms with Crippen molar-refractivity contribution < 1.29 is 9.59 Å². The van der Waals surface area contributed by atoms with Gasteiger partial charge in [0.2, 0.25) is 11.8 Å². The van der Waals surface area contributed by atoms with Gasteiger partial charge >= 0.3 is 0 Å². The topological polar surface area (TPSA) is 58.2 Å². The third-order valence-electron chi connectivity index (χ3n) is 4.48. The van der Waals surface area contributed by atoms with Crippen molar-refractivity contribution in [1.82, 2.24) is 5.32 Å². The molecule has 25 heavy (non-hydrogen) atoms. The largest absolute Gasteiger partial charge is 0.351 e. The fourth-order valence-corrected chi connectivity index (χ4v) is 2.46. The van der Waals surface area contributed by atoms with Crippen molar-refractivity contribution in [2.75, 3.05) is 5.32 Å². The molecule has 4 heteroatoms. The fourth-order valence-electron chi connectivity index (χ4n) is 2.46. The Morgan fingerprint density at radius 2 is 1.60 bits per heavy atom. The van der Waals surface area contributed by atoms with Crippen LogP contribution in [0.15, 0.2) is 42.5 Å². The quantitative estimate of drug-likeness (QED) is 0.813. The average molecular weight is 338 g/mol. The van der Waals surface area contributed by atoms with Crippen LogP contribution in [0, 0.1) is 26.2 Å². The highest BCUT2D eigenvalue weighted by molar-refractivity contribution is 6.10. The molecule has 2 aromatic carbocycles. The zero-order valence-corrected chi connectivity index (χ0v) is 15.6. The van der Waals surface area contributed by atoms with Crippen LogP contribution in [-0.4, -0.2) is 11.8 Å². The molecule has 2 N–H and O–H groups in total. The van der Waals surface area contributed by atoms with Crippen LogP contribution >= 0.6 is 0 Å². The van der Waals surface area contributed by atoms with Crippen LogP contribution in [0.1, 0.15) is 36.1 Å². The van der Waals surface area contributed by atoms with Crippen LogP contribution in [-0.2, 0) is 16.1 Å².